The molecule has 3 rings (SSSR count). The Morgan fingerprint density at radius 2 is 2.09 bits per heavy atom. The summed E-state index contributed by atoms with van der Waals surface area (Å²) in [6, 6.07) is 9.55. The maximum absolute atomic E-state index is 12.3. The zero-order valence-electron chi connectivity index (χ0n) is 12.8. The Balaban J connectivity index is 1.79. The number of carbonyl (C=O) groups excluding carboxylic acids is 2. The molecule has 0 saturated carbocycles. The Kier molecular flexibility index (Phi) is 4.16. The summed E-state index contributed by atoms with van der Waals surface area (Å²) in [6.45, 7) is 1.88. The van der Waals surface area contributed by atoms with Crippen molar-refractivity contribution in [1.82, 2.24) is 4.98 Å². The summed E-state index contributed by atoms with van der Waals surface area (Å²) >= 11 is 1.36. The van der Waals surface area contributed by atoms with Gasteiger partial charge in [-0.15, -0.1) is 11.3 Å². The summed E-state index contributed by atoms with van der Waals surface area (Å²) in [5, 5.41) is 4.37. The van der Waals surface area contributed by atoms with Gasteiger partial charge in [0.05, 0.1) is 19.1 Å². The molecule has 0 aliphatic carbocycles. The third-order valence-electron chi connectivity index (χ3n) is 3.54. The van der Waals surface area contributed by atoms with E-state index < -0.39 is 5.97 Å². The molecule has 5 nitrogen and oxygen atoms in total. The fourth-order valence-electron chi connectivity index (χ4n) is 2.49. The predicted octanol–water partition coefficient (Wildman–Crippen LogP) is 3.51. The van der Waals surface area contributed by atoms with Crippen LogP contribution in [0.5, 0.6) is 0 Å². The summed E-state index contributed by atoms with van der Waals surface area (Å²) in [6.07, 6.45) is 2.08. The summed E-state index contributed by atoms with van der Waals surface area (Å²) in [4.78, 5) is 28.2. The number of benzene rings is 1. The summed E-state index contributed by atoms with van der Waals surface area (Å²) in [7, 11) is 1.33. The monoisotopic (exact) mass is 328 g/mol. The Labute approximate surface area is 137 Å². The number of H-pyrrole nitrogens is 1. The van der Waals surface area contributed by atoms with Crippen molar-refractivity contribution < 1.29 is 14.3 Å². The van der Waals surface area contributed by atoms with Crippen molar-refractivity contribution >= 4 is 39.1 Å². The predicted molar refractivity (Wildman–Crippen MR) is 91.0 cm³/mol. The van der Waals surface area contributed by atoms with Crippen LogP contribution in [-0.2, 0) is 16.0 Å². The van der Waals surface area contributed by atoms with Gasteiger partial charge in [0.2, 0.25) is 5.91 Å². The van der Waals surface area contributed by atoms with Crippen molar-refractivity contribution in [3.8, 4) is 0 Å². The molecule has 0 saturated heterocycles. The lowest BCUT2D eigenvalue weighted by Gasteiger charge is -2.05. The average Bonchev–Trinajstić information content (AvgIpc) is 3.10. The number of fused-ring (bicyclic) bond motifs is 1. The molecule has 0 bridgehead atoms. The van der Waals surface area contributed by atoms with Gasteiger partial charge >= 0.3 is 5.97 Å². The van der Waals surface area contributed by atoms with Crippen LogP contribution in [0.25, 0.3) is 10.9 Å². The van der Waals surface area contributed by atoms with Crippen molar-refractivity contribution in [2.24, 2.45) is 0 Å². The lowest BCUT2D eigenvalue weighted by atomic mass is 10.1. The highest BCUT2D eigenvalue weighted by atomic mass is 32.1. The normalized spacial score (nSPS) is 10.7. The number of methoxy groups -OCH3 is 1. The molecule has 118 valence electrons. The number of aromatic amines is 1. The molecule has 0 spiro atoms. The van der Waals surface area contributed by atoms with Crippen LogP contribution in [0.15, 0.2) is 36.5 Å². The Hall–Kier alpha value is -2.60. The van der Waals surface area contributed by atoms with Gasteiger partial charge < -0.3 is 15.0 Å². The van der Waals surface area contributed by atoms with Crippen LogP contribution >= 0.6 is 11.3 Å². The van der Waals surface area contributed by atoms with E-state index in [-0.39, 0.29) is 12.3 Å². The first kappa shape index (κ1) is 15.3. The first-order valence-corrected chi connectivity index (χ1v) is 7.93. The van der Waals surface area contributed by atoms with Crippen molar-refractivity contribution in [1.29, 1.82) is 0 Å². The van der Waals surface area contributed by atoms with Crippen LogP contribution in [0.2, 0.25) is 0 Å². The van der Waals surface area contributed by atoms with Gasteiger partial charge in [0, 0.05) is 22.0 Å². The minimum Gasteiger partial charge on any atom is -0.465 e. The number of carbonyl (C=O) groups is 2. The zero-order valence-corrected chi connectivity index (χ0v) is 13.6. The molecule has 6 heteroatoms. The summed E-state index contributed by atoms with van der Waals surface area (Å²) in [5.74, 6) is -0.612. The summed E-state index contributed by atoms with van der Waals surface area (Å²) < 4.78 is 4.75. The van der Waals surface area contributed by atoms with E-state index in [2.05, 4.69) is 10.3 Å². The second kappa shape index (κ2) is 6.26. The molecule has 2 heterocycles. The first-order valence-electron chi connectivity index (χ1n) is 7.12. The number of ether oxygens (including phenoxy) is 1. The number of nitrogens with one attached hydrogen (secondary N) is 2. The number of hydrogen-bond acceptors (Lipinski definition) is 4. The molecule has 2 aromatic heterocycles. The van der Waals surface area contributed by atoms with Gasteiger partial charge in [-0.1, -0.05) is 18.2 Å². The van der Waals surface area contributed by atoms with E-state index in [0.29, 0.717) is 10.6 Å². The van der Waals surface area contributed by atoms with E-state index in [1.807, 2.05) is 37.4 Å². The molecular formula is C17H16N2O3S. The number of thiophene rings is 1. The number of esters is 1. The first-order chi connectivity index (χ1) is 11.1. The topological polar surface area (TPSA) is 71.2 Å². The second-order valence-corrected chi connectivity index (χ2v) is 6.43. The van der Waals surface area contributed by atoms with E-state index in [0.717, 1.165) is 21.3 Å². The number of aryl methyl sites for hydroxylation is 1. The van der Waals surface area contributed by atoms with E-state index in [9.17, 15) is 9.59 Å². The number of hydrogen-bond donors (Lipinski definition) is 2. The van der Waals surface area contributed by atoms with Gasteiger partial charge in [-0.25, -0.2) is 4.79 Å². The summed E-state index contributed by atoms with van der Waals surface area (Å²) in [5.41, 5.74) is 2.31. The maximum atomic E-state index is 12.3. The molecule has 1 amide bonds. The van der Waals surface area contributed by atoms with Crippen LogP contribution in [0.4, 0.5) is 5.00 Å². The lowest BCUT2D eigenvalue weighted by molar-refractivity contribution is -0.115. The van der Waals surface area contributed by atoms with Crippen LogP contribution in [0, 0.1) is 6.92 Å². The fraction of sp³-hybridized carbons (Fsp3) is 0.176. The standard InChI is InChI=1S/C17H16N2O3S/c1-10-7-13(17(21)22-2)16(23-10)19-15(20)8-11-9-18-14-6-4-3-5-12(11)14/h3-7,9,18H,8H2,1-2H3,(H,19,20). The molecular weight excluding hydrogens is 312 g/mol. The van der Waals surface area contributed by atoms with Gasteiger partial charge in [-0.3, -0.25) is 4.79 Å². The van der Waals surface area contributed by atoms with Crippen LogP contribution in [-0.4, -0.2) is 24.0 Å². The van der Waals surface area contributed by atoms with Gasteiger partial charge in [-0.2, -0.15) is 0 Å². The number of amides is 1. The molecule has 0 aliphatic rings. The molecule has 0 atom stereocenters. The van der Waals surface area contributed by atoms with Crippen molar-refractivity contribution in [3.63, 3.8) is 0 Å². The molecule has 0 aliphatic heterocycles. The van der Waals surface area contributed by atoms with Gasteiger partial charge in [0.25, 0.3) is 0 Å². The van der Waals surface area contributed by atoms with Gasteiger partial charge in [0.15, 0.2) is 0 Å². The van der Waals surface area contributed by atoms with Gasteiger partial charge in [0.1, 0.15) is 5.00 Å². The van der Waals surface area contributed by atoms with E-state index in [1.54, 1.807) is 6.07 Å². The molecule has 0 unspecified atom stereocenters. The van der Waals surface area contributed by atoms with Crippen molar-refractivity contribution in [2.75, 3.05) is 12.4 Å². The van der Waals surface area contributed by atoms with Crippen LogP contribution in [0.3, 0.4) is 0 Å². The van der Waals surface area contributed by atoms with E-state index >= 15 is 0 Å². The molecule has 1 aromatic carbocycles. The molecule has 23 heavy (non-hydrogen) atoms. The molecule has 0 radical (unpaired) electrons. The maximum Gasteiger partial charge on any atom is 0.340 e. The SMILES string of the molecule is COC(=O)c1cc(C)sc1NC(=O)Cc1c[nH]c2ccccc12. The Morgan fingerprint density at radius 1 is 1.30 bits per heavy atom. The Morgan fingerprint density at radius 3 is 2.87 bits per heavy atom. The Bertz CT molecular complexity index is 879. The zero-order chi connectivity index (χ0) is 16.4. The smallest absolute Gasteiger partial charge is 0.340 e. The molecule has 0 fully saturated rings. The fourth-order valence-corrected chi connectivity index (χ4v) is 3.41. The lowest BCUT2D eigenvalue weighted by Crippen LogP contribution is -2.15. The number of anilines is 1. The minimum absolute atomic E-state index is 0.165. The molecule has 2 N–H and O–H groups in total. The highest BCUT2D eigenvalue weighted by Crippen LogP contribution is 2.28. The third kappa shape index (κ3) is 3.12. The average molecular weight is 328 g/mol. The highest BCUT2D eigenvalue weighted by molar-refractivity contribution is 7.16. The quantitative estimate of drug-likeness (QED) is 0.720. The second-order valence-electron chi connectivity index (χ2n) is 5.18. The van der Waals surface area contributed by atoms with Crippen LogP contribution < -0.4 is 5.32 Å². The van der Waals surface area contributed by atoms with Crippen molar-refractivity contribution in [2.45, 2.75) is 13.3 Å². The number of para-hydroxylation sites is 1. The third-order valence-corrected chi connectivity index (χ3v) is 4.51. The van der Waals surface area contributed by atoms with Crippen molar-refractivity contribution in [3.05, 3.63) is 52.5 Å². The van der Waals surface area contributed by atoms with E-state index in [1.165, 1.54) is 18.4 Å². The largest absolute Gasteiger partial charge is 0.465 e. The van der Waals surface area contributed by atoms with Gasteiger partial charge in [-0.05, 0) is 24.6 Å². The highest BCUT2D eigenvalue weighted by Gasteiger charge is 2.18. The van der Waals surface area contributed by atoms with E-state index in [4.69, 9.17) is 4.74 Å². The number of rotatable bonds is 4. The van der Waals surface area contributed by atoms with Crippen LogP contribution in [0.1, 0.15) is 20.8 Å². The minimum atomic E-state index is -0.447. The molecule has 3 aromatic rings. The number of aromatic nitrogens is 1.